The minimum absolute atomic E-state index is 0. The number of hydrogen-bond donors (Lipinski definition) is 2. The van der Waals surface area contributed by atoms with Crippen LogP contribution in [0.4, 0.5) is 0 Å². The summed E-state index contributed by atoms with van der Waals surface area (Å²) in [5, 5.41) is 10.3. The van der Waals surface area contributed by atoms with Crippen molar-refractivity contribution in [2.45, 2.75) is 46.6 Å². The van der Waals surface area contributed by atoms with E-state index in [9.17, 15) is 8.42 Å². The van der Waals surface area contributed by atoms with Gasteiger partial charge in [-0.3, -0.25) is 10.1 Å². The maximum absolute atomic E-state index is 12.5. The van der Waals surface area contributed by atoms with Crippen molar-refractivity contribution in [2.75, 3.05) is 51.6 Å². The second-order valence-corrected chi connectivity index (χ2v) is 9.57. The standard InChI is InChI=1S/C19H36N6O3S.HI/c1-5-20-19(21-8-6-7-18-15-22-23-17(18)4)24-9-11-25(12-10-24)29(26,27)14-13-28-16(2)3;/h15-16H,5-14H2,1-4H3,(H,20,21)(H,22,23);1H. The van der Waals surface area contributed by atoms with Gasteiger partial charge in [0.15, 0.2) is 5.96 Å². The van der Waals surface area contributed by atoms with Crippen LogP contribution in [0.3, 0.4) is 0 Å². The number of aromatic amines is 1. The summed E-state index contributed by atoms with van der Waals surface area (Å²) < 4.78 is 32.0. The fourth-order valence-corrected chi connectivity index (χ4v) is 4.49. The first kappa shape index (κ1) is 27.1. The summed E-state index contributed by atoms with van der Waals surface area (Å²) in [6.07, 6.45) is 3.80. The third-order valence-electron chi connectivity index (χ3n) is 4.86. The Balaban J connectivity index is 0.00000450. The molecule has 2 N–H and O–H groups in total. The lowest BCUT2D eigenvalue weighted by Crippen LogP contribution is -2.54. The number of nitrogens with zero attached hydrogens (tertiary/aromatic N) is 4. The Bertz CT molecular complexity index is 745. The van der Waals surface area contributed by atoms with Gasteiger partial charge in [-0.25, -0.2) is 8.42 Å². The highest BCUT2D eigenvalue weighted by molar-refractivity contribution is 14.0. The van der Waals surface area contributed by atoms with E-state index in [1.165, 1.54) is 5.56 Å². The van der Waals surface area contributed by atoms with E-state index >= 15 is 0 Å². The predicted molar refractivity (Wildman–Crippen MR) is 131 cm³/mol. The molecule has 2 heterocycles. The molecule has 0 aliphatic carbocycles. The lowest BCUT2D eigenvalue weighted by atomic mass is 10.1. The number of aliphatic imine (C=N–C) groups is 1. The Morgan fingerprint density at radius 1 is 1.33 bits per heavy atom. The van der Waals surface area contributed by atoms with Gasteiger partial charge in [-0.15, -0.1) is 24.0 Å². The van der Waals surface area contributed by atoms with Gasteiger partial charge in [0.2, 0.25) is 10.0 Å². The van der Waals surface area contributed by atoms with Crippen LogP contribution in [0.15, 0.2) is 11.2 Å². The number of aryl methyl sites for hydroxylation is 2. The van der Waals surface area contributed by atoms with E-state index in [1.54, 1.807) is 4.31 Å². The molecule has 30 heavy (non-hydrogen) atoms. The number of H-pyrrole nitrogens is 1. The lowest BCUT2D eigenvalue weighted by molar-refractivity contribution is 0.0904. The number of nitrogens with one attached hydrogen (secondary N) is 2. The molecule has 1 saturated heterocycles. The Morgan fingerprint density at radius 2 is 2.03 bits per heavy atom. The van der Waals surface area contributed by atoms with Crippen LogP contribution in [0.1, 0.15) is 38.4 Å². The zero-order chi connectivity index (χ0) is 21.3. The summed E-state index contributed by atoms with van der Waals surface area (Å²) >= 11 is 0. The van der Waals surface area contributed by atoms with Gasteiger partial charge in [-0.2, -0.15) is 9.40 Å². The zero-order valence-electron chi connectivity index (χ0n) is 18.6. The van der Waals surface area contributed by atoms with Gasteiger partial charge in [0.25, 0.3) is 0 Å². The van der Waals surface area contributed by atoms with E-state index in [4.69, 9.17) is 9.73 Å². The van der Waals surface area contributed by atoms with Gasteiger partial charge >= 0.3 is 0 Å². The molecule has 0 saturated carbocycles. The molecule has 0 spiro atoms. The highest BCUT2D eigenvalue weighted by atomic mass is 127. The van der Waals surface area contributed by atoms with Crippen LogP contribution in [0.2, 0.25) is 0 Å². The molecule has 0 amide bonds. The number of guanidine groups is 1. The minimum atomic E-state index is -3.28. The molecular weight excluding hydrogens is 519 g/mol. The third-order valence-corrected chi connectivity index (χ3v) is 6.69. The molecule has 1 aliphatic heterocycles. The normalized spacial score (nSPS) is 16.0. The number of ether oxygens (including phenoxy) is 1. The Kier molecular flexibility index (Phi) is 12.2. The molecule has 1 aliphatic rings. The van der Waals surface area contributed by atoms with Crippen LogP contribution < -0.4 is 5.32 Å². The molecule has 0 radical (unpaired) electrons. The monoisotopic (exact) mass is 556 g/mol. The van der Waals surface area contributed by atoms with Crippen LogP contribution in [0.25, 0.3) is 0 Å². The SMILES string of the molecule is CCNC(=NCCCc1cn[nH]c1C)N1CCN(S(=O)(=O)CCOC(C)C)CC1.I. The van der Waals surface area contributed by atoms with Crippen LogP contribution in [-0.2, 0) is 21.2 Å². The van der Waals surface area contributed by atoms with E-state index < -0.39 is 10.0 Å². The Morgan fingerprint density at radius 3 is 2.60 bits per heavy atom. The third kappa shape index (κ3) is 8.67. The van der Waals surface area contributed by atoms with Crippen LogP contribution in [0, 0.1) is 6.92 Å². The van der Waals surface area contributed by atoms with Crippen molar-refractivity contribution in [1.82, 2.24) is 24.7 Å². The Labute approximate surface area is 198 Å². The average Bonchev–Trinajstić information content (AvgIpc) is 3.09. The minimum Gasteiger partial charge on any atom is -0.378 e. The zero-order valence-corrected chi connectivity index (χ0v) is 21.7. The maximum atomic E-state index is 12.5. The second-order valence-electron chi connectivity index (χ2n) is 7.48. The van der Waals surface area contributed by atoms with Gasteiger partial charge in [-0.05, 0) is 46.1 Å². The number of hydrogen-bond acceptors (Lipinski definition) is 5. The topological polar surface area (TPSA) is 103 Å². The van der Waals surface area contributed by atoms with Gasteiger partial charge in [-0.1, -0.05) is 0 Å². The molecule has 2 rings (SSSR count). The summed E-state index contributed by atoms with van der Waals surface area (Å²) in [7, 11) is -3.28. The van der Waals surface area contributed by atoms with Crippen molar-refractivity contribution >= 4 is 40.0 Å². The van der Waals surface area contributed by atoms with E-state index in [0.29, 0.717) is 26.2 Å². The van der Waals surface area contributed by atoms with E-state index in [0.717, 1.165) is 37.6 Å². The molecule has 1 aromatic rings. The number of aromatic nitrogens is 2. The van der Waals surface area contributed by atoms with Crippen LogP contribution >= 0.6 is 24.0 Å². The van der Waals surface area contributed by atoms with Crippen molar-refractivity contribution in [2.24, 2.45) is 4.99 Å². The smallest absolute Gasteiger partial charge is 0.216 e. The van der Waals surface area contributed by atoms with Gasteiger partial charge in [0.05, 0.1) is 24.7 Å². The first-order valence-corrected chi connectivity index (χ1v) is 12.1. The highest BCUT2D eigenvalue weighted by Gasteiger charge is 2.27. The Hall–Kier alpha value is -0.920. The largest absolute Gasteiger partial charge is 0.378 e. The molecule has 174 valence electrons. The number of rotatable bonds is 10. The fourth-order valence-electron chi connectivity index (χ4n) is 3.20. The molecule has 0 atom stereocenters. The molecular formula is C19H37IN6O3S. The highest BCUT2D eigenvalue weighted by Crippen LogP contribution is 2.10. The van der Waals surface area contributed by atoms with Crippen molar-refractivity contribution in [3.8, 4) is 0 Å². The van der Waals surface area contributed by atoms with Crippen LogP contribution in [0.5, 0.6) is 0 Å². The molecule has 11 heteroatoms. The summed E-state index contributed by atoms with van der Waals surface area (Å²) in [5.41, 5.74) is 2.34. The summed E-state index contributed by atoms with van der Waals surface area (Å²) in [4.78, 5) is 6.88. The first-order valence-electron chi connectivity index (χ1n) is 10.4. The maximum Gasteiger partial charge on any atom is 0.216 e. The summed E-state index contributed by atoms with van der Waals surface area (Å²) in [5.74, 6) is 0.892. The van der Waals surface area contributed by atoms with Crippen molar-refractivity contribution in [3.63, 3.8) is 0 Å². The molecule has 0 bridgehead atoms. The predicted octanol–water partition coefficient (Wildman–Crippen LogP) is 1.61. The number of sulfonamides is 1. The van der Waals surface area contributed by atoms with E-state index in [1.807, 2.05) is 33.9 Å². The fraction of sp³-hybridized carbons (Fsp3) is 0.789. The van der Waals surface area contributed by atoms with Crippen LogP contribution in [-0.4, -0.2) is 91.5 Å². The van der Waals surface area contributed by atoms with Crippen molar-refractivity contribution in [1.29, 1.82) is 0 Å². The molecule has 0 unspecified atom stereocenters. The summed E-state index contributed by atoms with van der Waals surface area (Å²) in [6, 6.07) is 0. The van der Waals surface area contributed by atoms with Crippen molar-refractivity contribution < 1.29 is 13.2 Å². The first-order chi connectivity index (χ1) is 13.8. The second kappa shape index (κ2) is 13.5. The lowest BCUT2D eigenvalue weighted by Gasteiger charge is -2.36. The quantitative estimate of drug-likeness (QED) is 0.197. The number of halogens is 1. The summed E-state index contributed by atoms with van der Waals surface area (Å²) in [6.45, 7) is 11.8. The molecule has 1 fully saturated rings. The molecule has 9 nitrogen and oxygen atoms in total. The molecule has 0 aromatic carbocycles. The number of piperazine rings is 1. The van der Waals surface area contributed by atoms with Gasteiger partial charge < -0.3 is 15.0 Å². The van der Waals surface area contributed by atoms with Gasteiger partial charge in [0.1, 0.15) is 0 Å². The van der Waals surface area contributed by atoms with Crippen molar-refractivity contribution in [3.05, 3.63) is 17.5 Å². The van der Waals surface area contributed by atoms with E-state index in [2.05, 4.69) is 20.4 Å². The van der Waals surface area contributed by atoms with E-state index in [-0.39, 0.29) is 42.4 Å². The average molecular weight is 557 g/mol. The van der Waals surface area contributed by atoms with Gasteiger partial charge in [0, 0.05) is 45.0 Å². The molecule has 1 aromatic heterocycles.